The number of nitrogens with one attached hydrogen (secondary N) is 2. The van der Waals surface area contributed by atoms with Crippen LogP contribution in [0.2, 0.25) is 0 Å². The van der Waals surface area contributed by atoms with Crippen LogP contribution in [0, 0.1) is 0 Å². The van der Waals surface area contributed by atoms with Crippen LogP contribution in [0.1, 0.15) is 10.4 Å². The average Bonchev–Trinajstić information content (AvgIpc) is 2.48. The van der Waals surface area contributed by atoms with Crippen LogP contribution < -0.4 is 16.4 Å². The van der Waals surface area contributed by atoms with Gasteiger partial charge in [-0.3, -0.25) is 19.7 Å². The first-order valence-electron chi connectivity index (χ1n) is 5.85. The highest BCUT2D eigenvalue weighted by Gasteiger charge is 2.15. The molecule has 2 aromatic rings. The van der Waals surface area contributed by atoms with E-state index in [1.165, 1.54) is 36.7 Å². The van der Waals surface area contributed by atoms with Crippen molar-refractivity contribution in [3.05, 3.63) is 48.3 Å². The molecule has 0 radical (unpaired) electrons. The zero-order chi connectivity index (χ0) is 15.2. The summed E-state index contributed by atoms with van der Waals surface area (Å²) in [6, 6.07) is 7.39. The van der Waals surface area contributed by atoms with Crippen LogP contribution >= 0.6 is 0 Å². The lowest BCUT2D eigenvalue weighted by Gasteiger charge is -2.05. The highest BCUT2D eigenvalue weighted by Crippen LogP contribution is 2.09. The predicted molar refractivity (Wildman–Crippen MR) is 74.3 cm³/mol. The van der Waals surface area contributed by atoms with Crippen LogP contribution in [0.5, 0.6) is 0 Å². The molecule has 0 saturated heterocycles. The SMILES string of the molecule is NC(=O)c1ccc(NC(=O)C(=O)Nc2ncccn2)cc1. The molecule has 0 aliphatic heterocycles. The van der Waals surface area contributed by atoms with Gasteiger partial charge in [-0.15, -0.1) is 0 Å². The second-order valence-electron chi connectivity index (χ2n) is 3.92. The molecule has 106 valence electrons. The number of amides is 3. The number of benzene rings is 1. The number of carbonyl (C=O) groups is 3. The molecule has 0 aliphatic carbocycles. The number of anilines is 2. The smallest absolute Gasteiger partial charge is 0.316 e. The normalized spacial score (nSPS) is 9.71. The van der Waals surface area contributed by atoms with E-state index in [-0.39, 0.29) is 5.95 Å². The second-order valence-corrected chi connectivity index (χ2v) is 3.92. The number of hydrogen-bond acceptors (Lipinski definition) is 5. The summed E-state index contributed by atoms with van der Waals surface area (Å²) in [7, 11) is 0. The largest absolute Gasteiger partial charge is 0.366 e. The molecule has 1 aromatic heterocycles. The first kappa shape index (κ1) is 14.1. The Labute approximate surface area is 119 Å². The molecule has 3 amide bonds. The van der Waals surface area contributed by atoms with Crippen molar-refractivity contribution in [1.29, 1.82) is 0 Å². The third-order valence-corrected chi connectivity index (χ3v) is 2.42. The van der Waals surface area contributed by atoms with Crippen LogP contribution in [-0.4, -0.2) is 27.7 Å². The minimum Gasteiger partial charge on any atom is -0.366 e. The summed E-state index contributed by atoms with van der Waals surface area (Å²) in [5.41, 5.74) is 5.75. The van der Waals surface area contributed by atoms with Crippen molar-refractivity contribution in [3.8, 4) is 0 Å². The quantitative estimate of drug-likeness (QED) is 0.692. The zero-order valence-electron chi connectivity index (χ0n) is 10.7. The molecule has 0 bridgehead atoms. The third kappa shape index (κ3) is 3.83. The molecule has 0 aliphatic rings. The van der Waals surface area contributed by atoms with Gasteiger partial charge in [0.05, 0.1) is 0 Å². The molecule has 0 atom stereocenters. The Kier molecular flexibility index (Phi) is 4.20. The van der Waals surface area contributed by atoms with Gasteiger partial charge in [0, 0.05) is 23.6 Å². The van der Waals surface area contributed by atoms with Gasteiger partial charge in [-0.05, 0) is 30.3 Å². The van der Waals surface area contributed by atoms with Gasteiger partial charge >= 0.3 is 11.8 Å². The standard InChI is InChI=1S/C13H11N5O3/c14-10(19)8-2-4-9(5-3-8)17-11(20)12(21)18-13-15-6-1-7-16-13/h1-7H,(H2,14,19)(H,17,20)(H,15,16,18,21). The van der Waals surface area contributed by atoms with E-state index in [2.05, 4.69) is 20.6 Å². The molecular formula is C13H11N5O3. The highest BCUT2D eigenvalue weighted by atomic mass is 16.2. The zero-order valence-corrected chi connectivity index (χ0v) is 10.7. The first-order valence-corrected chi connectivity index (χ1v) is 5.85. The highest BCUT2D eigenvalue weighted by molar-refractivity contribution is 6.43. The van der Waals surface area contributed by atoms with Crippen molar-refractivity contribution in [2.75, 3.05) is 10.6 Å². The molecule has 1 aromatic carbocycles. The number of nitrogens with zero attached hydrogens (tertiary/aromatic N) is 2. The Morgan fingerprint density at radius 3 is 2.05 bits per heavy atom. The fraction of sp³-hybridized carbons (Fsp3) is 0. The maximum atomic E-state index is 11.7. The van der Waals surface area contributed by atoms with Crippen molar-refractivity contribution in [2.45, 2.75) is 0 Å². The van der Waals surface area contributed by atoms with E-state index in [9.17, 15) is 14.4 Å². The monoisotopic (exact) mass is 285 g/mol. The van der Waals surface area contributed by atoms with Gasteiger partial charge in [0.25, 0.3) is 0 Å². The molecule has 0 saturated carbocycles. The van der Waals surface area contributed by atoms with Gasteiger partial charge in [-0.25, -0.2) is 9.97 Å². The minimum atomic E-state index is -0.903. The van der Waals surface area contributed by atoms with Crippen molar-refractivity contribution in [3.63, 3.8) is 0 Å². The predicted octanol–water partition coefficient (Wildman–Crippen LogP) is 0.153. The Bertz CT molecular complexity index is 670. The van der Waals surface area contributed by atoms with Gasteiger partial charge in [0.1, 0.15) is 0 Å². The molecule has 21 heavy (non-hydrogen) atoms. The van der Waals surface area contributed by atoms with E-state index >= 15 is 0 Å². The lowest BCUT2D eigenvalue weighted by atomic mass is 10.2. The van der Waals surface area contributed by atoms with Crippen molar-refractivity contribution in [2.24, 2.45) is 5.73 Å². The molecule has 0 spiro atoms. The molecule has 8 nitrogen and oxygen atoms in total. The Balaban J connectivity index is 1.97. The lowest BCUT2D eigenvalue weighted by Crippen LogP contribution is -2.29. The number of carbonyl (C=O) groups excluding carboxylic acids is 3. The van der Waals surface area contributed by atoms with Gasteiger partial charge in [-0.1, -0.05) is 0 Å². The second kappa shape index (κ2) is 6.24. The van der Waals surface area contributed by atoms with Gasteiger partial charge in [0.2, 0.25) is 11.9 Å². The van der Waals surface area contributed by atoms with E-state index in [0.717, 1.165) is 0 Å². The molecule has 4 N–H and O–H groups in total. The van der Waals surface area contributed by atoms with Crippen LogP contribution in [0.4, 0.5) is 11.6 Å². The molecule has 1 heterocycles. The molecular weight excluding hydrogens is 274 g/mol. The Morgan fingerprint density at radius 2 is 1.48 bits per heavy atom. The van der Waals surface area contributed by atoms with Crippen molar-refractivity contribution >= 4 is 29.4 Å². The topological polar surface area (TPSA) is 127 Å². The summed E-state index contributed by atoms with van der Waals surface area (Å²) < 4.78 is 0. The minimum absolute atomic E-state index is 0.0294. The van der Waals surface area contributed by atoms with Gasteiger partial charge < -0.3 is 11.1 Å². The van der Waals surface area contributed by atoms with E-state index in [0.29, 0.717) is 11.3 Å². The van der Waals surface area contributed by atoms with E-state index in [1.807, 2.05) is 0 Å². The molecule has 0 fully saturated rings. The van der Waals surface area contributed by atoms with E-state index in [1.54, 1.807) is 6.07 Å². The van der Waals surface area contributed by atoms with Crippen molar-refractivity contribution in [1.82, 2.24) is 9.97 Å². The Morgan fingerprint density at radius 1 is 0.905 bits per heavy atom. The number of nitrogens with two attached hydrogens (primary N) is 1. The van der Waals surface area contributed by atoms with Crippen molar-refractivity contribution < 1.29 is 14.4 Å². The van der Waals surface area contributed by atoms with Crippen LogP contribution in [0.3, 0.4) is 0 Å². The van der Waals surface area contributed by atoms with Gasteiger partial charge in [0.15, 0.2) is 0 Å². The van der Waals surface area contributed by atoms with E-state index in [4.69, 9.17) is 5.73 Å². The summed E-state index contributed by atoms with van der Waals surface area (Å²) in [4.78, 5) is 41.7. The Hall–Kier alpha value is -3.29. The number of primary amides is 1. The number of aromatic nitrogens is 2. The average molecular weight is 285 g/mol. The first-order chi connectivity index (χ1) is 10.1. The maximum Gasteiger partial charge on any atom is 0.316 e. The molecule has 0 unspecified atom stereocenters. The maximum absolute atomic E-state index is 11.7. The fourth-order valence-electron chi connectivity index (χ4n) is 1.43. The summed E-state index contributed by atoms with van der Waals surface area (Å²) >= 11 is 0. The summed E-state index contributed by atoms with van der Waals surface area (Å²) in [6.07, 6.45) is 2.87. The summed E-state index contributed by atoms with van der Waals surface area (Å²) in [5, 5.41) is 4.61. The fourth-order valence-corrected chi connectivity index (χ4v) is 1.43. The van der Waals surface area contributed by atoms with Crippen LogP contribution in [0.15, 0.2) is 42.7 Å². The third-order valence-electron chi connectivity index (χ3n) is 2.42. The molecule has 8 heteroatoms. The number of rotatable bonds is 3. The lowest BCUT2D eigenvalue weighted by molar-refractivity contribution is -0.133. The van der Waals surface area contributed by atoms with Gasteiger partial charge in [-0.2, -0.15) is 0 Å². The molecule has 2 rings (SSSR count). The van der Waals surface area contributed by atoms with E-state index < -0.39 is 17.7 Å². The van der Waals surface area contributed by atoms with Crippen LogP contribution in [0.25, 0.3) is 0 Å². The number of hydrogen-bond donors (Lipinski definition) is 3. The van der Waals surface area contributed by atoms with Crippen LogP contribution in [-0.2, 0) is 9.59 Å². The summed E-state index contributed by atoms with van der Waals surface area (Å²) in [6.45, 7) is 0. The summed E-state index contributed by atoms with van der Waals surface area (Å²) in [5.74, 6) is -2.33.